The fraction of sp³-hybridized carbons (Fsp3) is 0.812. The van der Waals surface area contributed by atoms with Crippen LogP contribution in [0.2, 0.25) is 0 Å². The first-order valence-corrected chi connectivity index (χ1v) is 15.6. The predicted octanol–water partition coefficient (Wildman–Crippen LogP) is 5.42. The molecule has 6 nitrogen and oxygen atoms in total. The minimum absolute atomic E-state index is 0.121. The molecule has 1 aromatic rings. The number of aliphatic hydroxyl groups is 1. The quantitative estimate of drug-likeness (QED) is 0.524. The fourth-order valence-electron chi connectivity index (χ4n) is 10.2. The van der Waals surface area contributed by atoms with Crippen LogP contribution < -0.4 is 4.90 Å². The number of aryl methyl sites for hydroxylation is 1. The number of aliphatic hydroxyl groups excluding tert-OH is 1. The Morgan fingerprint density at radius 2 is 1.89 bits per heavy atom. The molecule has 0 aromatic carbocycles. The van der Waals surface area contributed by atoms with Crippen LogP contribution in [0.3, 0.4) is 0 Å². The van der Waals surface area contributed by atoms with E-state index >= 15 is 0 Å². The van der Waals surface area contributed by atoms with Crippen LogP contribution in [0.15, 0.2) is 23.9 Å². The number of carbonyl (C=O) groups is 1. The van der Waals surface area contributed by atoms with E-state index in [2.05, 4.69) is 47.8 Å². The predicted molar refractivity (Wildman–Crippen MR) is 152 cm³/mol. The van der Waals surface area contributed by atoms with Crippen LogP contribution in [0.5, 0.6) is 0 Å². The summed E-state index contributed by atoms with van der Waals surface area (Å²) in [7, 11) is 1.98. The molecule has 6 rings (SSSR count). The first-order chi connectivity index (χ1) is 18.2. The van der Waals surface area contributed by atoms with Crippen LogP contribution in [-0.4, -0.2) is 58.0 Å². The average molecular weight is 523 g/mol. The first-order valence-electron chi connectivity index (χ1n) is 15.6. The van der Waals surface area contributed by atoms with Crippen molar-refractivity contribution in [2.45, 2.75) is 91.1 Å². The zero-order valence-electron chi connectivity index (χ0n) is 24.2. The second kappa shape index (κ2) is 9.98. The molecular formula is C32H50N4O2. The number of fused-ring (bicyclic) bond motifs is 5. The fourth-order valence-corrected chi connectivity index (χ4v) is 10.2. The first kappa shape index (κ1) is 26.4. The van der Waals surface area contributed by atoms with E-state index in [1.54, 1.807) is 5.57 Å². The molecule has 0 spiro atoms. The van der Waals surface area contributed by atoms with Crippen molar-refractivity contribution in [1.29, 1.82) is 0 Å². The molecular weight excluding hydrogens is 472 g/mol. The van der Waals surface area contributed by atoms with Gasteiger partial charge in [-0.25, -0.2) is 0 Å². The molecule has 1 unspecified atom stereocenters. The Hall–Kier alpha value is -1.82. The van der Waals surface area contributed by atoms with E-state index in [0.717, 1.165) is 74.9 Å². The lowest BCUT2D eigenvalue weighted by Crippen LogP contribution is -2.51. The van der Waals surface area contributed by atoms with Crippen LogP contribution in [-0.2, 0) is 11.8 Å². The molecule has 0 radical (unpaired) electrons. The molecule has 3 saturated carbocycles. The van der Waals surface area contributed by atoms with Gasteiger partial charge >= 0.3 is 0 Å². The molecule has 4 fully saturated rings. The molecule has 1 aliphatic heterocycles. The monoisotopic (exact) mass is 522 g/mol. The molecule has 6 heteroatoms. The van der Waals surface area contributed by atoms with Crippen molar-refractivity contribution in [3.63, 3.8) is 0 Å². The summed E-state index contributed by atoms with van der Waals surface area (Å²) in [6.07, 6.45) is 15.7. The maximum atomic E-state index is 13.2. The molecule has 8 atom stereocenters. The molecule has 5 aliphatic rings. The van der Waals surface area contributed by atoms with Gasteiger partial charge in [-0.2, -0.15) is 5.10 Å². The lowest BCUT2D eigenvalue weighted by Gasteiger charge is -2.58. The van der Waals surface area contributed by atoms with Gasteiger partial charge in [0.25, 0.3) is 0 Å². The Labute approximate surface area is 229 Å². The van der Waals surface area contributed by atoms with Gasteiger partial charge in [0, 0.05) is 45.7 Å². The Balaban J connectivity index is 1.05. The number of rotatable bonds is 5. The molecule has 0 bridgehead atoms. The van der Waals surface area contributed by atoms with Gasteiger partial charge in [-0.15, -0.1) is 0 Å². The van der Waals surface area contributed by atoms with Crippen LogP contribution in [0.4, 0.5) is 5.82 Å². The summed E-state index contributed by atoms with van der Waals surface area (Å²) in [5, 5.41) is 14.6. The van der Waals surface area contributed by atoms with Crippen molar-refractivity contribution in [2.75, 3.05) is 31.1 Å². The van der Waals surface area contributed by atoms with Gasteiger partial charge in [0.2, 0.25) is 5.91 Å². The molecule has 4 aliphatic carbocycles. The maximum absolute atomic E-state index is 13.2. The Bertz CT molecular complexity index is 1060. The maximum Gasteiger partial charge on any atom is 0.222 e. The second-order valence-electron chi connectivity index (χ2n) is 14.1. The highest BCUT2D eigenvalue weighted by Gasteiger charge is 2.59. The minimum Gasteiger partial charge on any atom is -0.393 e. The number of hydrogen-bond donors (Lipinski definition) is 1. The van der Waals surface area contributed by atoms with Gasteiger partial charge in [0.1, 0.15) is 5.82 Å². The van der Waals surface area contributed by atoms with Crippen molar-refractivity contribution >= 4 is 11.7 Å². The summed E-state index contributed by atoms with van der Waals surface area (Å²) >= 11 is 0. The number of aromatic nitrogens is 2. The third-order valence-corrected chi connectivity index (χ3v) is 12.4. The highest BCUT2D eigenvalue weighted by Crippen LogP contribution is 2.67. The molecule has 38 heavy (non-hydrogen) atoms. The Morgan fingerprint density at radius 3 is 2.63 bits per heavy atom. The SMILES string of the molecule is CC(CCC(=O)N1CCN(c2ccnn2C)CC1)[C@H]1CC[C@H]2[C@@H]3CC=C4C[C@@H](O)CC[C@]4(C)[C@H]3CC[C@]12C. The third-order valence-electron chi connectivity index (χ3n) is 12.4. The van der Waals surface area contributed by atoms with E-state index in [1.165, 1.54) is 38.5 Å². The van der Waals surface area contributed by atoms with E-state index in [9.17, 15) is 9.90 Å². The normalized spacial score (nSPS) is 39.7. The summed E-state index contributed by atoms with van der Waals surface area (Å²) in [5.41, 5.74) is 2.32. The van der Waals surface area contributed by atoms with Crippen molar-refractivity contribution in [2.24, 2.45) is 47.5 Å². The van der Waals surface area contributed by atoms with Crippen LogP contribution >= 0.6 is 0 Å². The van der Waals surface area contributed by atoms with Gasteiger partial charge in [0.05, 0.1) is 12.3 Å². The van der Waals surface area contributed by atoms with Gasteiger partial charge < -0.3 is 14.9 Å². The largest absolute Gasteiger partial charge is 0.393 e. The van der Waals surface area contributed by atoms with Gasteiger partial charge in [-0.1, -0.05) is 32.4 Å². The number of amides is 1. The summed E-state index contributed by atoms with van der Waals surface area (Å²) in [5.74, 6) is 5.28. The molecule has 1 aromatic heterocycles. The zero-order chi connectivity index (χ0) is 26.7. The van der Waals surface area contributed by atoms with E-state index in [1.807, 2.05) is 17.9 Å². The third kappa shape index (κ3) is 4.33. The summed E-state index contributed by atoms with van der Waals surface area (Å²) in [4.78, 5) is 17.6. The average Bonchev–Trinajstić information content (AvgIpc) is 3.50. The molecule has 1 N–H and O–H groups in total. The molecule has 210 valence electrons. The van der Waals surface area contributed by atoms with E-state index in [0.29, 0.717) is 29.1 Å². The van der Waals surface area contributed by atoms with Crippen molar-refractivity contribution in [3.05, 3.63) is 23.9 Å². The highest BCUT2D eigenvalue weighted by molar-refractivity contribution is 5.76. The van der Waals surface area contributed by atoms with Crippen molar-refractivity contribution in [3.8, 4) is 0 Å². The standard InChI is InChI=1S/C32H50N4O2/c1-22(5-10-30(38)36-19-17-35(18-20-36)29-13-16-33-34(29)4)26-8-9-27-25-7-6-23-21-24(37)11-14-31(23,2)28(25)12-15-32(26,27)3/h6,13,16,22,24-28,37H,5,7-12,14-15,17-21H2,1-4H3/t22?,24-,25-,26+,27-,28-,31-,32+/m0/s1. The van der Waals surface area contributed by atoms with Gasteiger partial charge in [-0.05, 0) is 98.2 Å². The zero-order valence-corrected chi connectivity index (χ0v) is 24.2. The number of allylic oxidation sites excluding steroid dienone is 1. The number of hydrogen-bond acceptors (Lipinski definition) is 4. The van der Waals surface area contributed by atoms with E-state index in [4.69, 9.17) is 0 Å². The summed E-state index contributed by atoms with van der Waals surface area (Å²) < 4.78 is 1.92. The number of anilines is 1. The van der Waals surface area contributed by atoms with Crippen LogP contribution in [0.25, 0.3) is 0 Å². The number of piperazine rings is 1. The second-order valence-corrected chi connectivity index (χ2v) is 14.1. The van der Waals surface area contributed by atoms with Crippen LogP contribution in [0.1, 0.15) is 85.0 Å². The van der Waals surface area contributed by atoms with E-state index in [-0.39, 0.29) is 6.10 Å². The Kier molecular flexibility index (Phi) is 6.93. The molecule has 1 saturated heterocycles. The van der Waals surface area contributed by atoms with Crippen molar-refractivity contribution < 1.29 is 9.90 Å². The Morgan fingerprint density at radius 1 is 1.11 bits per heavy atom. The smallest absolute Gasteiger partial charge is 0.222 e. The minimum atomic E-state index is -0.121. The molecule has 2 heterocycles. The lowest BCUT2D eigenvalue weighted by molar-refractivity contribution is -0.132. The summed E-state index contributed by atoms with van der Waals surface area (Å²) in [6, 6.07) is 2.06. The molecule has 1 amide bonds. The lowest BCUT2D eigenvalue weighted by atomic mass is 9.47. The summed E-state index contributed by atoms with van der Waals surface area (Å²) in [6.45, 7) is 11.0. The highest BCUT2D eigenvalue weighted by atomic mass is 16.3. The van der Waals surface area contributed by atoms with Crippen molar-refractivity contribution in [1.82, 2.24) is 14.7 Å². The van der Waals surface area contributed by atoms with E-state index < -0.39 is 0 Å². The van der Waals surface area contributed by atoms with Crippen LogP contribution in [0, 0.1) is 40.4 Å². The number of carbonyl (C=O) groups excluding carboxylic acids is 1. The van der Waals surface area contributed by atoms with Gasteiger partial charge in [-0.3, -0.25) is 9.48 Å². The number of nitrogens with zero attached hydrogens (tertiary/aromatic N) is 4. The van der Waals surface area contributed by atoms with Gasteiger partial charge in [0.15, 0.2) is 0 Å². The topological polar surface area (TPSA) is 61.6 Å².